The van der Waals surface area contributed by atoms with Crippen LogP contribution < -0.4 is 5.32 Å². The Balaban J connectivity index is 1.80. The SMILES string of the molecule is C=CC1=CCN(CC(=O)NCc2ccccc2)C1=O. The number of benzene rings is 1. The van der Waals surface area contributed by atoms with Crippen LogP contribution in [0, 0.1) is 0 Å². The van der Waals surface area contributed by atoms with Gasteiger partial charge in [0.1, 0.15) is 6.54 Å². The highest BCUT2D eigenvalue weighted by molar-refractivity contribution is 6.00. The van der Waals surface area contributed by atoms with Gasteiger partial charge in [-0.3, -0.25) is 9.59 Å². The number of nitrogens with zero attached hydrogens (tertiary/aromatic N) is 1. The fourth-order valence-corrected chi connectivity index (χ4v) is 1.89. The highest BCUT2D eigenvalue weighted by Gasteiger charge is 2.23. The van der Waals surface area contributed by atoms with E-state index in [-0.39, 0.29) is 18.4 Å². The largest absolute Gasteiger partial charge is 0.350 e. The third kappa shape index (κ3) is 3.31. The van der Waals surface area contributed by atoms with Crippen molar-refractivity contribution in [2.75, 3.05) is 13.1 Å². The monoisotopic (exact) mass is 256 g/mol. The maximum atomic E-state index is 11.8. The first-order chi connectivity index (χ1) is 9.20. The van der Waals surface area contributed by atoms with Crippen molar-refractivity contribution in [3.63, 3.8) is 0 Å². The number of carbonyl (C=O) groups is 2. The first-order valence-electron chi connectivity index (χ1n) is 6.13. The van der Waals surface area contributed by atoms with Crippen molar-refractivity contribution >= 4 is 11.8 Å². The molecule has 0 saturated carbocycles. The van der Waals surface area contributed by atoms with Crippen LogP contribution in [0.5, 0.6) is 0 Å². The fraction of sp³-hybridized carbons (Fsp3) is 0.200. The van der Waals surface area contributed by atoms with Gasteiger partial charge in [-0.15, -0.1) is 0 Å². The lowest BCUT2D eigenvalue weighted by Gasteiger charge is -2.15. The molecule has 1 N–H and O–H groups in total. The zero-order valence-corrected chi connectivity index (χ0v) is 10.6. The minimum absolute atomic E-state index is 0.0828. The molecule has 0 spiro atoms. The number of carbonyl (C=O) groups excluding carboxylic acids is 2. The molecule has 4 nitrogen and oxygen atoms in total. The Bertz CT molecular complexity index is 520. The molecule has 98 valence electrons. The zero-order chi connectivity index (χ0) is 13.7. The van der Waals surface area contributed by atoms with Crippen molar-refractivity contribution in [3.8, 4) is 0 Å². The van der Waals surface area contributed by atoms with Gasteiger partial charge in [-0.05, 0) is 5.56 Å². The van der Waals surface area contributed by atoms with E-state index >= 15 is 0 Å². The molecular weight excluding hydrogens is 240 g/mol. The summed E-state index contributed by atoms with van der Waals surface area (Å²) in [6.07, 6.45) is 3.30. The first-order valence-corrected chi connectivity index (χ1v) is 6.13. The zero-order valence-electron chi connectivity index (χ0n) is 10.6. The van der Waals surface area contributed by atoms with E-state index in [1.54, 1.807) is 6.08 Å². The molecule has 0 unspecified atom stereocenters. The lowest BCUT2D eigenvalue weighted by Crippen LogP contribution is -2.38. The van der Waals surface area contributed by atoms with Gasteiger partial charge in [0, 0.05) is 18.7 Å². The molecular formula is C15H16N2O2. The molecule has 0 atom stereocenters. The number of hydrogen-bond acceptors (Lipinski definition) is 2. The summed E-state index contributed by atoms with van der Waals surface area (Å²) < 4.78 is 0. The highest BCUT2D eigenvalue weighted by atomic mass is 16.2. The van der Waals surface area contributed by atoms with Crippen molar-refractivity contribution in [2.24, 2.45) is 0 Å². The van der Waals surface area contributed by atoms with E-state index in [0.717, 1.165) is 5.56 Å². The molecule has 0 aliphatic carbocycles. The Hall–Kier alpha value is -2.36. The van der Waals surface area contributed by atoms with Gasteiger partial charge in [0.05, 0.1) is 0 Å². The molecule has 1 aliphatic heterocycles. The summed E-state index contributed by atoms with van der Waals surface area (Å²) in [5.41, 5.74) is 1.60. The number of hydrogen-bond donors (Lipinski definition) is 1. The third-order valence-electron chi connectivity index (χ3n) is 2.95. The average Bonchev–Trinajstić information content (AvgIpc) is 2.78. The van der Waals surface area contributed by atoms with Crippen LogP contribution in [0.25, 0.3) is 0 Å². The summed E-state index contributed by atoms with van der Waals surface area (Å²) in [7, 11) is 0. The molecule has 4 heteroatoms. The molecule has 0 radical (unpaired) electrons. The average molecular weight is 256 g/mol. The molecule has 1 heterocycles. The number of nitrogens with one attached hydrogen (secondary N) is 1. The van der Waals surface area contributed by atoms with Gasteiger partial charge >= 0.3 is 0 Å². The van der Waals surface area contributed by atoms with Gasteiger partial charge in [-0.2, -0.15) is 0 Å². The number of amides is 2. The molecule has 19 heavy (non-hydrogen) atoms. The van der Waals surface area contributed by atoms with Crippen molar-refractivity contribution in [1.82, 2.24) is 10.2 Å². The summed E-state index contributed by atoms with van der Waals surface area (Å²) >= 11 is 0. The van der Waals surface area contributed by atoms with Crippen LogP contribution in [0.15, 0.2) is 54.6 Å². The van der Waals surface area contributed by atoms with Crippen molar-refractivity contribution in [2.45, 2.75) is 6.54 Å². The van der Waals surface area contributed by atoms with Crippen LogP contribution in [-0.4, -0.2) is 29.8 Å². The van der Waals surface area contributed by atoms with Crippen molar-refractivity contribution in [1.29, 1.82) is 0 Å². The summed E-state index contributed by atoms with van der Waals surface area (Å²) in [4.78, 5) is 25.0. The summed E-state index contributed by atoms with van der Waals surface area (Å²) in [5.74, 6) is -0.291. The third-order valence-corrected chi connectivity index (χ3v) is 2.95. The molecule has 0 saturated heterocycles. The summed E-state index contributed by atoms with van der Waals surface area (Å²) in [6.45, 7) is 4.60. The van der Waals surface area contributed by atoms with E-state index in [0.29, 0.717) is 18.7 Å². The van der Waals surface area contributed by atoms with Crippen LogP contribution in [-0.2, 0) is 16.1 Å². The molecule has 1 aromatic carbocycles. The Kier molecular flexibility index (Phi) is 4.13. The molecule has 2 rings (SSSR count). The smallest absolute Gasteiger partial charge is 0.254 e. The molecule has 2 amide bonds. The van der Waals surface area contributed by atoms with Gasteiger partial charge in [0.25, 0.3) is 5.91 Å². The minimum atomic E-state index is -0.157. The Morgan fingerprint density at radius 1 is 1.37 bits per heavy atom. The van der Waals surface area contributed by atoms with Crippen LogP contribution in [0.4, 0.5) is 0 Å². The fourth-order valence-electron chi connectivity index (χ4n) is 1.89. The van der Waals surface area contributed by atoms with Crippen LogP contribution in [0.3, 0.4) is 0 Å². The van der Waals surface area contributed by atoms with Gasteiger partial charge in [0.15, 0.2) is 0 Å². The van der Waals surface area contributed by atoms with E-state index in [1.807, 2.05) is 30.3 Å². The van der Waals surface area contributed by atoms with E-state index in [4.69, 9.17) is 0 Å². The Labute approximate surface area is 112 Å². The highest BCUT2D eigenvalue weighted by Crippen LogP contribution is 2.11. The summed E-state index contributed by atoms with van der Waals surface area (Å²) in [6, 6.07) is 9.66. The lowest BCUT2D eigenvalue weighted by atomic mass is 10.2. The van der Waals surface area contributed by atoms with Crippen LogP contribution >= 0.6 is 0 Å². The maximum Gasteiger partial charge on any atom is 0.254 e. The van der Waals surface area contributed by atoms with Gasteiger partial charge < -0.3 is 10.2 Å². The standard InChI is InChI=1S/C15H16N2O2/c1-2-13-8-9-17(15(13)19)11-14(18)16-10-12-6-4-3-5-7-12/h2-8H,1,9-11H2,(H,16,18). The minimum Gasteiger partial charge on any atom is -0.350 e. The quantitative estimate of drug-likeness (QED) is 0.862. The molecule has 0 bridgehead atoms. The second-order valence-corrected chi connectivity index (χ2v) is 4.31. The van der Waals surface area contributed by atoms with E-state index in [1.165, 1.54) is 11.0 Å². The van der Waals surface area contributed by atoms with E-state index in [2.05, 4.69) is 11.9 Å². The predicted octanol–water partition coefficient (Wildman–Crippen LogP) is 1.26. The van der Waals surface area contributed by atoms with E-state index in [9.17, 15) is 9.59 Å². The Morgan fingerprint density at radius 3 is 2.74 bits per heavy atom. The van der Waals surface area contributed by atoms with Crippen molar-refractivity contribution < 1.29 is 9.59 Å². The second-order valence-electron chi connectivity index (χ2n) is 4.31. The topological polar surface area (TPSA) is 49.4 Å². The molecule has 0 fully saturated rings. The van der Waals surface area contributed by atoms with Gasteiger partial charge in [-0.1, -0.05) is 49.1 Å². The van der Waals surface area contributed by atoms with Crippen LogP contribution in [0.1, 0.15) is 5.56 Å². The second kappa shape index (κ2) is 6.00. The Morgan fingerprint density at radius 2 is 2.11 bits per heavy atom. The van der Waals surface area contributed by atoms with Crippen LogP contribution in [0.2, 0.25) is 0 Å². The van der Waals surface area contributed by atoms with E-state index < -0.39 is 0 Å². The molecule has 1 aromatic rings. The normalized spacial score (nSPS) is 14.2. The molecule has 0 aromatic heterocycles. The lowest BCUT2D eigenvalue weighted by molar-refractivity contribution is -0.131. The van der Waals surface area contributed by atoms with Gasteiger partial charge in [-0.25, -0.2) is 0 Å². The van der Waals surface area contributed by atoms with Gasteiger partial charge in [0.2, 0.25) is 5.91 Å². The summed E-state index contributed by atoms with van der Waals surface area (Å²) in [5, 5.41) is 2.80. The number of rotatable bonds is 5. The molecule has 1 aliphatic rings. The maximum absolute atomic E-state index is 11.8. The predicted molar refractivity (Wildman–Crippen MR) is 73.1 cm³/mol. The van der Waals surface area contributed by atoms with Crippen molar-refractivity contribution in [3.05, 3.63) is 60.2 Å². The first kappa shape index (κ1) is 13.1.